The third-order valence-corrected chi connectivity index (χ3v) is 4.93. The lowest BCUT2D eigenvalue weighted by Gasteiger charge is -2.02. The van der Waals surface area contributed by atoms with Crippen molar-refractivity contribution in [1.82, 2.24) is 10.1 Å². The highest BCUT2D eigenvalue weighted by molar-refractivity contribution is 7.98. The highest BCUT2D eigenvalue weighted by Gasteiger charge is 2.27. The van der Waals surface area contributed by atoms with Crippen molar-refractivity contribution in [2.45, 2.75) is 48.8 Å². The van der Waals surface area contributed by atoms with Gasteiger partial charge in [-0.05, 0) is 37.8 Å². The van der Waals surface area contributed by atoms with Crippen LogP contribution in [0.15, 0.2) is 33.7 Å². The lowest BCUT2D eigenvalue weighted by Crippen LogP contribution is -2.14. The molecule has 0 aliphatic heterocycles. The van der Waals surface area contributed by atoms with Gasteiger partial charge in [0.05, 0.1) is 5.75 Å². The monoisotopic (exact) mass is 289 g/mol. The van der Waals surface area contributed by atoms with Crippen molar-refractivity contribution in [2.24, 2.45) is 5.73 Å². The molecule has 0 saturated heterocycles. The lowest BCUT2D eigenvalue weighted by molar-refractivity contribution is 0.350. The molecule has 1 fully saturated rings. The maximum Gasteiger partial charge on any atom is 0.229 e. The Morgan fingerprint density at radius 3 is 2.95 bits per heavy atom. The van der Waals surface area contributed by atoms with Gasteiger partial charge in [-0.2, -0.15) is 4.98 Å². The summed E-state index contributed by atoms with van der Waals surface area (Å²) in [4.78, 5) is 5.78. The topological polar surface area (TPSA) is 64.9 Å². The molecular formula is C15H19N3OS. The Balaban J connectivity index is 1.62. The van der Waals surface area contributed by atoms with Crippen LogP contribution in [0.5, 0.6) is 0 Å². The highest BCUT2D eigenvalue weighted by Crippen LogP contribution is 2.33. The Morgan fingerprint density at radius 1 is 1.35 bits per heavy atom. The van der Waals surface area contributed by atoms with Gasteiger partial charge in [0, 0.05) is 16.9 Å². The molecule has 1 aliphatic carbocycles. The average Bonchev–Trinajstić information content (AvgIpc) is 3.06. The van der Waals surface area contributed by atoms with Crippen molar-refractivity contribution in [2.75, 3.05) is 0 Å². The van der Waals surface area contributed by atoms with Gasteiger partial charge in [0.2, 0.25) is 5.89 Å². The molecule has 1 aromatic carbocycles. The summed E-state index contributed by atoms with van der Waals surface area (Å²) in [6.07, 6.45) is 3.08. The second-order valence-corrected chi connectivity index (χ2v) is 6.39. The standard InChI is InChI=1S/C15H19N3OS/c1-10-4-2-3-5-13(10)20-9-14-17-15(19-18-14)11-6-7-12(16)8-11/h2-5,11-12H,6-9,16H2,1H3. The first kappa shape index (κ1) is 13.6. The van der Waals surface area contributed by atoms with E-state index < -0.39 is 0 Å². The highest BCUT2D eigenvalue weighted by atomic mass is 32.2. The van der Waals surface area contributed by atoms with E-state index in [2.05, 4.69) is 41.3 Å². The summed E-state index contributed by atoms with van der Waals surface area (Å²) in [6.45, 7) is 2.11. The summed E-state index contributed by atoms with van der Waals surface area (Å²) < 4.78 is 5.39. The molecule has 1 heterocycles. The zero-order valence-electron chi connectivity index (χ0n) is 11.6. The van der Waals surface area contributed by atoms with Gasteiger partial charge in [0.25, 0.3) is 0 Å². The third-order valence-electron chi connectivity index (χ3n) is 3.76. The van der Waals surface area contributed by atoms with E-state index in [-0.39, 0.29) is 6.04 Å². The maximum atomic E-state index is 5.93. The zero-order valence-corrected chi connectivity index (χ0v) is 12.4. The molecule has 1 aliphatic rings. The number of aromatic nitrogens is 2. The normalized spacial score (nSPS) is 22.3. The Hall–Kier alpha value is -1.33. The van der Waals surface area contributed by atoms with Crippen LogP contribution in [-0.4, -0.2) is 16.2 Å². The SMILES string of the molecule is Cc1ccccc1SCc1noc(C2CCC(N)C2)n1. The summed E-state index contributed by atoms with van der Waals surface area (Å²) in [7, 11) is 0. The largest absolute Gasteiger partial charge is 0.339 e. The van der Waals surface area contributed by atoms with Crippen LogP contribution in [0.25, 0.3) is 0 Å². The van der Waals surface area contributed by atoms with Crippen LogP contribution >= 0.6 is 11.8 Å². The second-order valence-electron chi connectivity index (χ2n) is 5.37. The fraction of sp³-hybridized carbons (Fsp3) is 0.467. The molecular weight excluding hydrogens is 270 g/mol. The number of hydrogen-bond donors (Lipinski definition) is 1. The maximum absolute atomic E-state index is 5.93. The minimum atomic E-state index is 0.289. The van der Waals surface area contributed by atoms with Gasteiger partial charge >= 0.3 is 0 Å². The van der Waals surface area contributed by atoms with E-state index in [1.54, 1.807) is 11.8 Å². The second kappa shape index (κ2) is 5.97. The predicted octanol–water partition coefficient (Wildman–Crippen LogP) is 3.27. The van der Waals surface area contributed by atoms with Gasteiger partial charge in [-0.1, -0.05) is 23.4 Å². The van der Waals surface area contributed by atoms with Crippen molar-refractivity contribution < 1.29 is 4.52 Å². The first-order valence-corrected chi connectivity index (χ1v) is 7.97. The number of aryl methyl sites for hydroxylation is 1. The van der Waals surface area contributed by atoms with E-state index in [9.17, 15) is 0 Å². The Morgan fingerprint density at radius 2 is 2.20 bits per heavy atom. The molecule has 2 N–H and O–H groups in total. The molecule has 20 heavy (non-hydrogen) atoms. The molecule has 2 unspecified atom stereocenters. The fourth-order valence-corrected chi connectivity index (χ4v) is 3.47. The van der Waals surface area contributed by atoms with Crippen LogP contribution in [0.3, 0.4) is 0 Å². The smallest absolute Gasteiger partial charge is 0.229 e. The molecule has 1 saturated carbocycles. The summed E-state index contributed by atoms with van der Waals surface area (Å²) in [6, 6.07) is 8.63. The molecule has 5 heteroatoms. The average molecular weight is 289 g/mol. The Labute approximate surface area is 123 Å². The molecule has 1 aromatic heterocycles. The van der Waals surface area contributed by atoms with Crippen LogP contribution in [0, 0.1) is 6.92 Å². The van der Waals surface area contributed by atoms with Gasteiger partial charge in [0.1, 0.15) is 0 Å². The van der Waals surface area contributed by atoms with Crippen molar-refractivity contribution in [3.05, 3.63) is 41.5 Å². The van der Waals surface area contributed by atoms with Crippen molar-refractivity contribution >= 4 is 11.8 Å². The fourth-order valence-electron chi connectivity index (χ4n) is 2.59. The van der Waals surface area contributed by atoms with Gasteiger partial charge in [-0.25, -0.2) is 0 Å². The van der Waals surface area contributed by atoms with Gasteiger partial charge in [-0.15, -0.1) is 11.8 Å². The minimum Gasteiger partial charge on any atom is -0.339 e. The Bertz CT molecular complexity index is 584. The molecule has 4 nitrogen and oxygen atoms in total. The van der Waals surface area contributed by atoms with E-state index in [1.807, 2.05) is 0 Å². The van der Waals surface area contributed by atoms with E-state index in [4.69, 9.17) is 10.3 Å². The number of hydrogen-bond acceptors (Lipinski definition) is 5. The molecule has 0 spiro atoms. The first-order valence-electron chi connectivity index (χ1n) is 6.99. The van der Waals surface area contributed by atoms with E-state index in [0.717, 1.165) is 36.7 Å². The summed E-state index contributed by atoms with van der Waals surface area (Å²) >= 11 is 1.75. The van der Waals surface area contributed by atoms with E-state index >= 15 is 0 Å². The van der Waals surface area contributed by atoms with Crippen molar-refractivity contribution in [3.63, 3.8) is 0 Å². The van der Waals surface area contributed by atoms with Crippen LogP contribution in [0.4, 0.5) is 0 Å². The number of thioether (sulfide) groups is 1. The van der Waals surface area contributed by atoms with E-state index in [1.165, 1.54) is 10.5 Å². The number of rotatable bonds is 4. The lowest BCUT2D eigenvalue weighted by atomic mass is 10.1. The number of benzene rings is 1. The molecule has 0 radical (unpaired) electrons. The quantitative estimate of drug-likeness (QED) is 0.875. The number of nitrogens with zero attached hydrogens (tertiary/aromatic N) is 2. The first-order chi connectivity index (χ1) is 9.72. The molecule has 0 bridgehead atoms. The molecule has 0 amide bonds. The van der Waals surface area contributed by atoms with Crippen LogP contribution < -0.4 is 5.73 Å². The molecule has 106 valence electrons. The van der Waals surface area contributed by atoms with Crippen LogP contribution in [-0.2, 0) is 5.75 Å². The van der Waals surface area contributed by atoms with Crippen LogP contribution in [0.2, 0.25) is 0 Å². The van der Waals surface area contributed by atoms with E-state index in [0.29, 0.717) is 5.92 Å². The molecule has 3 rings (SSSR count). The zero-order chi connectivity index (χ0) is 13.9. The molecule has 2 aromatic rings. The van der Waals surface area contributed by atoms with Crippen molar-refractivity contribution in [3.8, 4) is 0 Å². The number of nitrogens with two attached hydrogens (primary N) is 1. The molecule has 2 atom stereocenters. The summed E-state index contributed by atoms with van der Waals surface area (Å²) in [5, 5.41) is 4.08. The van der Waals surface area contributed by atoms with Crippen LogP contribution in [0.1, 0.15) is 42.5 Å². The van der Waals surface area contributed by atoms with Crippen molar-refractivity contribution in [1.29, 1.82) is 0 Å². The van der Waals surface area contributed by atoms with Gasteiger partial charge in [0.15, 0.2) is 5.82 Å². The summed E-state index contributed by atoms with van der Waals surface area (Å²) in [5.74, 6) is 2.63. The predicted molar refractivity (Wildman–Crippen MR) is 79.6 cm³/mol. The van der Waals surface area contributed by atoms with Gasteiger partial charge < -0.3 is 10.3 Å². The third kappa shape index (κ3) is 3.04. The summed E-state index contributed by atoms with van der Waals surface area (Å²) in [5.41, 5.74) is 7.21. The Kier molecular flexibility index (Phi) is 4.08. The minimum absolute atomic E-state index is 0.289. The van der Waals surface area contributed by atoms with Gasteiger partial charge in [-0.3, -0.25) is 0 Å².